The summed E-state index contributed by atoms with van der Waals surface area (Å²) < 4.78 is 2.36. The Morgan fingerprint density at radius 2 is 1.94 bits per heavy atom. The Balaban J connectivity index is 2.87. The number of aryl methyl sites for hydroxylation is 1. The van der Waals surface area contributed by atoms with Crippen molar-refractivity contribution in [3.63, 3.8) is 0 Å². The van der Waals surface area contributed by atoms with E-state index >= 15 is 0 Å². The van der Waals surface area contributed by atoms with Crippen molar-refractivity contribution < 1.29 is 0 Å². The molecule has 0 fully saturated rings. The van der Waals surface area contributed by atoms with E-state index in [0.717, 1.165) is 4.57 Å². The third-order valence-corrected chi connectivity index (χ3v) is 2.56. The minimum Gasteiger partial charge on any atom is -0.369 e. The maximum atomic E-state index is 11.9. The van der Waals surface area contributed by atoms with Crippen LogP contribution in [0.1, 0.15) is 6.92 Å². The molecule has 7 nitrogen and oxygen atoms in total. The Morgan fingerprint density at radius 3 is 2.59 bits per heavy atom. The minimum absolute atomic E-state index is 0.291. The molecule has 0 aliphatic rings. The van der Waals surface area contributed by atoms with E-state index in [-0.39, 0.29) is 5.56 Å². The molecule has 2 aromatic rings. The molecule has 0 bridgehead atoms. The highest BCUT2D eigenvalue weighted by atomic mass is 16.2. The molecule has 0 saturated carbocycles. The van der Waals surface area contributed by atoms with Crippen molar-refractivity contribution in [3.8, 4) is 0 Å². The number of nitrogens with zero attached hydrogens (tertiary/aromatic N) is 4. The number of hydrogen-bond donors (Lipinski definition) is 1. The number of rotatable bonds is 2. The Morgan fingerprint density at radius 1 is 1.24 bits per heavy atom. The lowest BCUT2D eigenvalue weighted by Crippen LogP contribution is -2.37. The molecule has 0 aromatic carbocycles. The second-order valence-corrected chi connectivity index (χ2v) is 3.70. The molecule has 2 rings (SSSR count). The van der Waals surface area contributed by atoms with E-state index in [1.165, 1.54) is 11.6 Å². The molecule has 0 aliphatic carbocycles. The first-order chi connectivity index (χ1) is 8.06. The highest BCUT2D eigenvalue weighted by Crippen LogP contribution is 2.07. The standard InChI is InChI=1S/C10H13N5O2/c1-4-11-7-5-6-8(13-12-7)14(2)10(17)15(3)9(6)16/h5H,4H2,1-3H3,(H,11,12). The van der Waals surface area contributed by atoms with Crippen molar-refractivity contribution in [2.45, 2.75) is 6.92 Å². The van der Waals surface area contributed by atoms with E-state index in [9.17, 15) is 9.59 Å². The minimum atomic E-state index is -0.409. The van der Waals surface area contributed by atoms with Gasteiger partial charge in [0, 0.05) is 20.6 Å². The monoisotopic (exact) mass is 235 g/mol. The molecule has 2 aromatic heterocycles. The third kappa shape index (κ3) is 1.69. The summed E-state index contributed by atoms with van der Waals surface area (Å²) in [5, 5.41) is 11.1. The van der Waals surface area contributed by atoms with E-state index in [2.05, 4.69) is 15.5 Å². The largest absolute Gasteiger partial charge is 0.369 e. The summed E-state index contributed by atoms with van der Waals surface area (Å²) in [5.41, 5.74) is -0.482. The van der Waals surface area contributed by atoms with Crippen LogP contribution in [-0.4, -0.2) is 25.9 Å². The Hall–Kier alpha value is -2.18. The van der Waals surface area contributed by atoms with Crippen LogP contribution in [0.3, 0.4) is 0 Å². The quantitative estimate of drug-likeness (QED) is 0.756. The average molecular weight is 235 g/mol. The van der Waals surface area contributed by atoms with Gasteiger partial charge in [0.15, 0.2) is 5.65 Å². The van der Waals surface area contributed by atoms with Crippen LogP contribution in [0.4, 0.5) is 5.82 Å². The van der Waals surface area contributed by atoms with Gasteiger partial charge < -0.3 is 5.32 Å². The lowest BCUT2D eigenvalue weighted by Gasteiger charge is -2.07. The average Bonchev–Trinajstić information content (AvgIpc) is 2.34. The van der Waals surface area contributed by atoms with E-state index in [1.54, 1.807) is 13.1 Å². The van der Waals surface area contributed by atoms with E-state index < -0.39 is 5.69 Å². The molecule has 0 atom stereocenters. The first-order valence-electron chi connectivity index (χ1n) is 5.23. The Bertz CT molecular complexity index is 685. The summed E-state index contributed by atoms with van der Waals surface area (Å²) in [5.74, 6) is 0.524. The van der Waals surface area contributed by atoms with E-state index in [0.29, 0.717) is 23.4 Å². The third-order valence-electron chi connectivity index (χ3n) is 2.56. The van der Waals surface area contributed by atoms with Gasteiger partial charge in [0.1, 0.15) is 5.82 Å². The molecule has 7 heteroatoms. The molecule has 2 heterocycles. The first-order valence-corrected chi connectivity index (χ1v) is 5.23. The lowest BCUT2D eigenvalue weighted by atomic mass is 10.3. The second-order valence-electron chi connectivity index (χ2n) is 3.70. The lowest BCUT2D eigenvalue weighted by molar-refractivity contribution is 0.703. The molecular weight excluding hydrogens is 222 g/mol. The smallest absolute Gasteiger partial charge is 0.332 e. The van der Waals surface area contributed by atoms with Crippen LogP contribution < -0.4 is 16.6 Å². The molecule has 0 radical (unpaired) electrons. The fourth-order valence-corrected chi connectivity index (χ4v) is 1.64. The number of anilines is 1. The normalized spacial score (nSPS) is 10.8. The first kappa shape index (κ1) is 11.3. The number of aromatic nitrogens is 4. The van der Waals surface area contributed by atoms with Gasteiger partial charge in [0.05, 0.1) is 5.39 Å². The Labute approximate surface area is 96.7 Å². The predicted octanol–water partition coefficient (Wildman–Crippen LogP) is -0.541. The van der Waals surface area contributed by atoms with Crippen molar-refractivity contribution in [2.24, 2.45) is 14.1 Å². The van der Waals surface area contributed by atoms with Crippen LogP contribution in [0.15, 0.2) is 15.7 Å². The van der Waals surface area contributed by atoms with Crippen molar-refractivity contribution in [1.29, 1.82) is 0 Å². The van der Waals surface area contributed by atoms with E-state index in [4.69, 9.17) is 0 Å². The van der Waals surface area contributed by atoms with Crippen molar-refractivity contribution in [2.75, 3.05) is 11.9 Å². The zero-order valence-corrected chi connectivity index (χ0v) is 9.89. The van der Waals surface area contributed by atoms with Crippen LogP contribution in [-0.2, 0) is 14.1 Å². The molecule has 0 unspecified atom stereocenters. The van der Waals surface area contributed by atoms with Crippen molar-refractivity contribution >= 4 is 16.9 Å². The number of fused-ring (bicyclic) bond motifs is 1. The molecule has 17 heavy (non-hydrogen) atoms. The molecular formula is C10H13N5O2. The zero-order valence-electron chi connectivity index (χ0n) is 9.89. The highest BCUT2D eigenvalue weighted by Gasteiger charge is 2.10. The summed E-state index contributed by atoms with van der Waals surface area (Å²) in [6.07, 6.45) is 0. The van der Waals surface area contributed by atoms with E-state index in [1.807, 2.05) is 6.92 Å². The zero-order chi connectivity index (χ0) is 12.6. The summed E-state index contributed by atoms with van der Waals surface area (Å²) in [6, 6.07) is 1.60. The van der Waals surface area contributed by atoms with Gasteiger partial charge in [-0.1, -0.05) is 0 Å². The molecule has 0 spiro atoms. The van der Waals surface area contributed by atoms with Crippen molar-refractivity contribution in [1.82, 2.24) is 19.3 Å². The van der Waals surface area contributed by atoms with Gasteiger partial charge in [0.25, 0.3) is 5.56 Å². The van der Waals surface area contributed by atoms with Crippen molar-refractivity contribution in [3.05, 3.63) is 26.9 Å². The number of hydrogen-bond acceptors (Lipinski definition) is 5. The topological polar surface area (TPSA) is 81.8 Å². The van der Waals surface area contributed by atoms with Gasteiger partial charge in [-0.3, -0.25) is 13.9 Å². The van der Waals surface area contributed by atoms with Gasteiger partial charge in [-0.15, -0.1) is 10.2 Å². The maximum Gasteiger partial charge on any atom is 0.332 e. The van der Waals surface area contributed by atoms with Crippen LogP contribution in [0, 0.1) is 0 Å². The molecule has 0 amide bonds. The van der Waals surface area contributed by atoms with Gasteiger partial charge in [0.2, 0.25) is 0 Å². The van der Waals surface area contributed by atoms with Gasteiger partial charge in [-0.2, -0.15) is 0 Å². The van der Waals surface area contributed by atoms with Crippen LogP contribution in [0.5, 0.6) is 0 Å². The summed E-state index contributed by atoms with van der Waals surface area (Å²) in [4.78, 5) is 23.6. The van der Waals surface area contributed by atoms with Crippen LogP contribution in [0.2, 0.25) is 0 Å². The van der Waals surface area contributed by atoms with Crippen LogP contribution >= 0.6 is 0 Å². The Kier molecular flexibility index (Phi) is 2.66. The number of nitrogens with one attached hydrogen (secondary N) is 1. The van der Waals surface area contributed by atoms with Crippen LogP contribution in [0.25, 0.3) is 11.0 Å². The molecule has 0 saturated heterocycles. The summed E-state index contributed by atoms with van der Waals surface area (Å²) in [7, 11) is 3.00. The van der Waals surface area contributed by atoms with Gasteiger partial charge in [-0.05, 0) is 13.0 Å². The SMILES string of the molecule is CCNc1cc2c(=O)n(C)c(=O)n(C)c2nn1. The molecule has 1 N–H and O–H groups in total. The summed E-state index contributed by atoms with van der Waals surface area (Å²) in [6.45, 7) is 2.61. The maximum absolute atomic E-state index is 11.9. The van der Waals surface area contributed by atoms with Gasteiger partial charge in [-0.25, -0.2) is 4.79 Å². The second kappa shape index (κ2) is 4.00. The highest BCUT2D eigenvalue weighted by molar-refractivity contribution is 5.75. The molecule has 0 aliphatic heterocycles. The molecule has 90 valence electrons. The van der Waals surface area contributed by atoms with Gasteiger partial charge >= 0.3 is 5.69 Å². The fourth-order valence-electron chi connectivity index (χ4n) is 1.64. The fraction of sp³-hybridized carbons (Fsp3) is 0.400. The predicted molar refractivity (Wildman–Crippen MR) is 64.2 cm³/mol. The summed E-state index contributed by atoms with van der Waals surface area (Å²) >= 11 is 0.